The minimum atomic E-state index is -0.0739. The zero-order chi connectivity index (χ0) is 10.8. The van der Waals surface area contributed by atoms with E-state index in [9.17, 15) is 4.79 Å². The SMILES string of the molecule is CCCCCCCC(=O)OCN(C)C. The third kappa shape index (κ3) is 9.52. The molecule has 0 spiro atoms. The second kappa shape index (κ2) is 9.00. The van der Waals surface area contributed by atoms with Crippen molar-refractivity contribution in [3.63, 3.8) is 0 Å². The van der Waals surface area contributed by atoms with Gasteiger partial charge in [0, 0.05) is 6.42 Å². The molecule has 3 heteroatoms. The van der Waals surface area contributed by atoms with Crippen molar-refractivity contribution in [2.45, 2.75) is 45.4 Å². The van der Waals surface area contributed by atoms with Crippen LogP contribution in [-0.4, -0.2) is 31.7 Å². The van der Waals surface area contributed by atoms with Gasteiger partial charge in [0.15, 0.2) is 0 Å². The first-order valence-corrected chi connectivity index (χ1v) is 5.47. The van der Waals surface area contributed by atoms with Crippen molar-refractivity contribution in [2.24, 2.45) is 0 Å². The molecule has 0 bridgehead atoms. The largest absolute Gasteiger partial charge is 0.450 e. The topological polar surface area (TPSA) is 29.5 Å². The molecule has 0 radical (unpaired) electrons. The van der Waals surface area contributed by atoms with Crippen LogP contribution < -0.4 is 0 Å². The van der Waals surface area contributed by atoms with E-state index in [1.807, 2.05) is 19.0 Å². The number of unbranched alkanes of at least 4 members (excludes halogenated alkanes) is 4. The summed E-state index contributed by atoms with van der Waals surface area (Å²) < 4.78 is 5.00. The van der Waals surface area contributed by atoms with Crippen LogP contribution in [0.4, 0.5) is 0 Å². The summed E-state index contributed by atoms with van der Waals surface area (Å²) in [6.07, 6.45) is 6.42. The van der Waals surface area contributed by atoms with Gasteiger partial charge in [0.25, 0.3) is 0 Å². The molecule has 3 nitrogen and oxygen atoms in total. The van der Waals surface area contributed by atoms with Gasteiger partial charge >= 0.3 is 5.97 Å². The number of carbonyl (C=O) groups excluding carboxylic acids is 1. The summed E-state index contributed by atoms with van der Waals surface area (Å²) in [5.41, 5.74) is 0. The fourth-order valence-corrected chi connectivity index (χ4v) is 1.15. The zero-order valence-electron chi connectivity index (χ0n) is 9.71. The van der Waals surface area contributed by atoms with Gasteiger partial charge < -0.3 is 4.74 Å². The average Bonchev–Trinajstić information content (AvgIpc) is 2.14. The Balaban J connectivity index is 3.18. The number of ether oxygens (including phenoxy) is 1. The number of carbonyl (C=O) groups is 1. The van der Waals surface area contributed by atoms with Crippen molar-refractivity contribution in [3.05, 3.63) is 0 Å². The smallest absolute Gasteiger partial charge is 0.307 e. The second-order valence-corrected chi connectivity index (χ2v) is 3.89. The third-order valence-electron chi connectivity index (χ3n) is 1.97. The highest BCUT2D eigenvalue weighted by atomic mass is 16.5. The van der Waals surface area contributed by atoms with Crippen LogP contribution in [-0.2, 0) is 9.53 Å². The van der Waals surface area contributed by atoms with Gasteiger partial charge in [-0.05, 0) is 20.5 Å². The summed E-state index contributed by atoms with van der Waals surface area (Å²) in [6, 6.07) is 0. The molecular weight excluding hydrogens is 178 g/mol. The molecular formula is C11H23NO2. The molecule has 14 heavy (non-hydrogen) atoms. The number of rotatable bonds is 8. The van der Waals surface area contributed by atoms with E-state index in [4.69, 9.17) is 4.74 Å². The van der Waals surface area contributed by atoms with E-state index in [0.717, 1.165) is 12.8 Å². The average molecular weight is 201 g/mol. The quantitative estimate of drug-likeness (QED) is 0.343. The van der Waals surface area contributed by atoms with Crippen molar-refractivity contribution in [2.75, 3.05) is 20.8 Å². The molecule has 0 atom stereocenters. The Hall–Kier alpha value is -0.570. The Bertz CT molecular complexity index is 146. The molecule has 0 saturated carbocycles. The molecule has 0 aromatic carbocycles. The summed E-state index contributed by atoms with van der Waals surface area (Å²) in [7, 11) is 3.77. The zero-order valence-corrected chi connectivity index (χ0v) is 9.71. The maximum Gasteiger partial charge on any atom is 0.307 e. The van der Waals surface area contributed by atoms with Crippen molar-refractivity contribution in [1.82, 2.24) is 4.90 Å². The van der Waals surface area contributed by atoms with Crippen LogP contribution in [0, 0.1) is 0 Å². The van der Waals surface area contributed by atoms with Gasteiger partial charge in [0.2, 0.25) is 0 Å². The molecule has 0 aromatic rings. The maximum absolute atomic E-state index is 11.1. The summed E-state index contributed by atoms with van der Waals surface area (Å²) in [6.45, 7) is 2.58. The third-order valence-corrected chi connectivity index (χ3v) is 1.97. The van der Waals surface area contributed by atoms with Crippen LogP contribution in [0.3, 0.4) is 0 Å². The summed E-state index contributed by atoms with van der Waals surface area (Å²) in [4.78, 5) is 13.0. The normalized spacial score (nSPS) is 10.6. The summed E-state index contributed by atoms with van der Waals surface area (Å²) >= 11 is 0. The minimum Gasteiger partial charge on any atom is -0.450 e. The Morgan fingerprint density at radius 2 is 1.79 bits per heavy atom. The molecule has 0 N–H and O–H groups in total. The number of hydrogen-bond donors (Lipinski definition) is 0. The van der Waals surface area contributed by atoms with E-state index in [0.29, 0.717) is 13.2 Å². The molecule has 0 aliphatic carbocycles. The number of nitrogens with zero attached hydrogens (tertiary/aromatic N) is 1. The lowest BCUT2D eigenvalue weighted by atomic mass is 10.1. The highest BCUT2D eigenvalue weighted by Gasteiger charge is 2.02. The highest BCUT2D eigenvalue weighted by Crippen LogP contribution is 2.05. The fourth-order valence-electron chi connectivity index (χ4n) is 1.15. The van der Waals surface area contributed by atoms with Crippen LogP contribution in [0.5, 0.6) is 0 Å². The molecule has 0 rings (SSSR count). The standard InChI is InChI=1S/C11H23NO2/c1-4-5-6-7-8-9-11(13)14-10-12(2)3/h4-10H2,1-3H3. The Labute approximate surface area is 87.4 Å². The first-order chi connectivity index (χ1) is 6.66. The van der Waals surface area contributed by atoms with Gasteiger partial charge in [-0.25, -0.2) is 0 Å². The van der Waals surface area contributed by atoms with Crippen LogP contribution in [0.2, 0.25) is 0 Å². The maximum atomic E-state index is 11.1. The Morgan fingerprint density at radius 1 is 1.14 bits per heavy atom. The molecule has 0 saturated heterocycles. The number of hydrogen-bond acceptors (Lipinski definition) is 3. The van der Waals surface area contributed by atoms with Gasteiger partial charge in [-0.1, -0.05) is 32.6 Å². The molecule has 0 aliphatic heterocycles. The first-order valence-electron chi connectivity index (χ1n) is 5.47. The van der Waals surface area contributed by atoms with Crippen LogP contribution >= 0.6 is 0 Å². The van der Waals surface area contributed by atoms with Gasteiger partial charge in [-0.2, -0.15) is 0 Å². The van der Waals surface area contributed by atoms with Gasteiger partial charge in [0.1, 0.15) is 6.73 Å². The summed E-state index contributed by atoms with van der Waals surface area (Å²) in [5, 5.41) is 0. The molecule has 0 fully saturated rings. The van der Waals surface area contributed by atoms with Gasteiger partial charge in [-0.15, -0.1) is 0 Å². The Morgan fingerprint density at radius 3 is 2.36 bits per heavy atom. The molecule has 0 heterocycles. The summed E-state index contributed by atoms with van der Waals surface area (Å²) in [5.74, 6) is -0.0739. The lowest BCUT2D eigenvalue weighted by Gasteiger charge is -2.09. The number of esters is 1. The van der Waals surface area contributed by atoms with Gasteiger partial charge in [-0.3, -0.25) is 9.69 Å². The van der Waals surface area contributed by atoms with Crippen molar-refractivity contribution >= 4 is 5.97 Å². The van der Waals surface area contributed by atoms with E-state index in [1.165, 1.54) is 19.3 Å². The molecule has 0 unspecified atom stereocenters. The van der Waals surface area contributed by atoms with E-state index in [2.05, 4.69) is 6.92 Å². The van der Waals surface area contributed by atoms with Crippen molar-refractivity contribution in [1.29, 1.82) is 0 Å². The first kappa shape index (κ1) is 13.4. The molecule has 0 aromatic heterocycles. The Kier molecular flexibility index (Phi) is 8.64. The lowest BCUT2D eigenvalue weighted by molar-refractivity contribution is -0.147. The van der Waals surface area contributed by atoms with E-state index >= 15 is 0 Å². The second-order valence-electron chi connectivity index (χ2n) is 3.89. The van der Waals surface area contributed by atoms with Crippen LogP contribution in [0.15, 0.2) is 0 Å². The highest BCUT2D eigenvalue weighted by molar-refractivity contribution is 5.69. The van der Waals surface area contributed by atoms with E-state index < -0.39 is 0 Å². The van der Waals surface area contributed by atoms with E-state index in [1.54, 1.807) is 0 Å². The lowest BCUT2D eigenvalue weighted by Crippen LogP contribution is -2.19. The van der Waals surface area contributed by atoms with Crippen molar-refractivity contribution < 1.29 is 9.53 Å². The predicted molar refractivity (Wildman–Crippen MR) is 58.0 cm³/mol. The van der Waals surface area contributed by atoms with Crippen LogP contribution in [0.1, 0.15) is 45.4 Å². The molecule has 0 aliphatic rings. The predicted octanol–water partition coefficient (Wildman–Crippen LogP) is 2.41. The van der Waals surface area contributed by atoms with Gasteiger partial charge in [0.05, 0.1) is 0 Å². The molecule has 84 valence electrons. The van der Waals surface area contributed by atoms with Crippen molar-refractivity contribution in [3.8, 4) is 0 Å². The van der Waals surface area contributed by atoms with E-state index in [-0.39, 0.29) is 5.97 Å². The van der Waals surface area contributed by atoms with Crippen LogP contribution in [0.25, 0.3) is 0 Å². The monoisotopic (exact) mass is 201 g/mol. The molecule has 0 amide bonds. The fraction of sp³-hybridized carbons (Fsp3) is 0.909. The minimum absolute atomic E-state index is 0.0739.